The van der Waals surface area contributed by atoms with Crippen molar-refractivity contribution < 1.29 is 0 Å². The Morgan fingerprint density at radius 3 is 0.814 bits per heavy atom. The molecule has 3 aromatic carbocycles. The van der Waals surface area contributed by atoms with E-state index in [4.69, 9.17) is 17.2 Å². The first kappa shape index (κ1) is 35.0. The summed E-state index contributed by atoms with van der Waals surface area (Å²) in [5.74, 6) is -0.0338. The van der Waals surface area contributed by atoms with E-state index in [1.54, 1.807) is 0 Å². The van der Waals surface area contributed by atoms with Crippen molar-refractivity contribution >= 4 is 0 Å². The minimum atomic E-state index is -0.401. The summed E-state index contributed by atoms with van der Waals surface area (Å²) >= 11 is 0. The van der Waals surface area contributed by atoms with Crippen LogP contribution in [-0.4, -0.2) is 0 Å². The zero-order chi connectivity index (χ0) is 31.5. The van der Waals surface area contributed by atoms with E-state index in [-0.39, 0.29) is 5.92 Å². The molecule has 0 bridgehead atoms. The van der Waals surface area contributed by atoms with Gasteiger partial charge >= 0.3 is 0 Å². The van der Waals surface area contributed by atoms with Crippen LogP contribution in [0.2, 0.25) is 0 Å². The molecule has 0 saturated heterocycles. The normalized spacial score (nSPS) is 12.7. The quantitative estimate of drug-likeness (QED) is 0.130. The van der Waals surface area contributed by atoms with Gasteiger partial charge in [-0.15, -0.1) is 0 Å². The second-order valence-corrected chi connectivity index (χ2v) is 13.2. The summed E-state index contributed by atoms with van der Waals surface area (Å²) in [6.07, 6.45) is 12.0. The molecule has 0 spiro atoms. The second-order valence-electron chi connectivity index (χ2n) is 13.2. The van der Waals surface area contributed by atoms with Crippen molar-refractivity contribution in [2.45, 2.75) is 141 Å². The topological polar surface area (TPSA) is 78.1 Å². The molecule has 0 amide bonds. The number of hydrogen-bond acceptors (Lipinski definition) is 3. The minimum absolute atomic E-state index is 0.0338. The van der Waals surface area contributed by atoms with Crippen LogP contribution < -0.4 is 17.2 Å². The number of nitrogens with two attached hydrogens (primary N) is 3. The molecule has 0 atom stereocenters. The van der Waals surface area contributed by atoms with Crippen molar-refractivity contribution in [1.82, 2.24) is 0 Å². The third-order valence-corrected chi connectivity index (χ3v) is 9.60. The molecule has 6 N–H and O–H groups in total. The van der Waals surface area contributed by atoms with Crippen molar-refractivity contribution in [3.8, 4) is 0 Å². The maximum atomic E-state index is 7.42. The highest BCUT2D eigenvalue weighted by Gasteiger charge is 2.38. The van der Waals surface area contributed by atoms with E-state index in [0.717, 1.165) is 77.0 Å². The molecule has 3 heteroatoms. The summed E-state index contributed by atoms with van der Waals surface area (Å²) in [5.41, 5.74) is 28.7. The molecule has 43 heavy (non-hydrogen) atoms. The number of hydrogen-bond donors (Lipinski definition) is 3. The van der Waals surface area contributed by atoms with Gasteiger partial charge in [0, 0.05) is 22.5 Å². The Bertz CT molecular complexity index is 1090. The highest BCUT2D eigenvalue weighted by atomic mass is 14.8. The summed E-state index contributed by atoms with van der Waals surface area (Å²) in [6, 6.07) is 26.9. The zero-order valence-electron chi connectivity index (χ0n) is 28.2. The Morgan fingerprint density at radius 1 is 0.395 bits per heavy atom. The predicted molar refractivity (Wildman–Crippen MR) is 187 cm³/mol. The number of rotatable bonds is 18. The molecule has 3 rings (SSSR count). The highest BCUT2D eigenvalue weighted by Crippen LogP contribution is 2.46. The Balaban J connectivity index is 2.50. The monoisotopic (exact) mass is 583 g/mol. The largest absolute Gasteiger partial charge is 0.321 e. The average molecular weight is 584 g/mol. The van der Waals surface area contributed by atoms with E-state index in [9.17, 15) is 0 Å². The van der Waals surface area contributed by atoms with Crippen LogP contribution in [0, 0.1) is 0 Å². The van der Waals surface area contributed by atoms with E-state index < -0.39 is 16.6 Å². The molecule has 0 radical (unpaired) electrons. The van der Waals surface area contributed by atoms with E-state index in [2.05, 4.69) is 114 Å². The predicted octanol–water partition coefficient (Wildman–Crippen LogP) is 10.1. The van der Waals surface area contributed by atoms with Gasteiger partial charge < -0.3 is 17.2 Å². The molecular formula is C40H61N3. The fraction of sp³-hybridized carbons (Fsp3) is 0.550. The molecule has 0 unspecified atom stereocenters. The van der Waals surface area contributed by atoms with Crippen molar-refractivity contribution in [3.63, 3.8) is 0 Å². The summed E-state index contributed by atoms with van der Waals surface area (Å²) in [4.78, 5) is 0. The maximum Gasteiger partial charge on any atom is 0.0412 e. The van der Waals surface area contributed by atoms with Crippen molar-refractivity contribution in [1.29, 1.82) is 0 Å². The standard InChI is InChI=1S/C40H61N3/c1-7-25-38(41,26-8-2)34-22-16-13-19-31(34)37(32-20-14-17-23-35(32)39(42,27-9-3)28-10-4)33-21-15-18-24-36(33)40(43,29-11-5)30-12-6/h13-24,37H,7-12,25-30,41-43H2,1-6H3. The lowest BCUT2D eigenvalue weighted by atomic mass is 9.68. The first-order valence-electron chi connectivity index (χ1n) is 17.3. The Labute approximate surface area is 264 Å². The van der Waals surface area contributed by atoms with Crippen LogP contribution in [0.4, 0.5) is 0 Å². The Hall–Kier alpha value is -2.46. The fourth-order valence-corrected chi connectivity index (χ4v) is 7.97. The van der Waals surface area contributed by atoms with Gasteiger partial charge in [-0.3, -0.25) is 0 Å². The molecule has 236 valence electrons. The van der Waals surface area contributed by atoms with Gasteiger partial charge in [-0.1, -0.05) is 153 Å². The van der Waals surface area contributed by atoms with Crippen LogP contribution in [0.3, 0.4) is 0 Å². The van der Waals surface area contributed by atoms with E-state index in [1.165, 1.54) is 33.4 Å². The molecule has 3 nitrogen and oxygen atoms in total. The van der Waals surface area contributed by atoms with Gasteiger partial charge in [-0.05, 0) is 71.9 Å². The highest BCUT2D eigenvalue weighted by molar-refractivity contribution is 5.55. The van der Waals surface area contributed by atoms with Gasteiger partial charge in [0.25, 0.3) is 0 Å². The van der Waals surface area contributed by atoms with Crippen molar-refractivity contribution in [2.75, 3.05) is 0 Å². The molecule has 0 aliphatic carbocycles. The molecule has 0 saturated carbocycles. The van der Waals surface area contributed by atoms with Crippen LogP contribution in [0.1, 0.15) is 158 Å². The molecular weight excluding hydrogens is 522 g/mol. The zero-order valence-corrected chi connectivity index (χ0v) is 28.2. The minimum Gasteiger partial charge on any atom is -0.321 e. The van der Waals surface area contributed by atoms with Gasteiger partial charge in [0.2, 0.25) is 0 Å². The van der Waals surface area contributed by atoms with Crippen LogP contribution in [0.15, 0.2) is 72.8 Å². The molecule has 0 fully saturated rings. The summed E-state index contributed by atoms with van der Waals surface area (Å²) < 4.78 is 0. The first-order valence-corrected chi connectivity index (χ1v) is 17.3. The molecule has 0 aliphatic rings. The van der Waals surface area contributed by atoms with Crippen LogP contribution in [-0.2, 0) is 16.6 Å². The lowest BCUT2D eigenvalue weighted by molar-refractivity contribution is 0.359. The molecule has 0 aliphatic heterocycles. The third-order valence-electron chi connectivity index (χ3n) is 9.60. The van der Waals surface area contributed by atoms with Crippen molar-refractivity contribution in [2.24, 2.45) is 17.2 Å². The molecule has 0 heterocycles. The third kappa shape index (κ3) is 7.80. The maximum absolute atomic E-state index is 7.42. The van der Waals surface area contributed by atoms with E-state index >= 15 is 0 Å². The smallest absolute Gasteiger partial charge is 0.0412 e. The Morgan fingerprint density at radius 2 is 0.605 bits per heavy atom. The van der Waals surface area contributed by atoms with Crippen molar-refractivity contribution in [3.05, 3.63) is 106 Å². The van der Waals surface area contributed by atoms with E-state index in [1.807, 2.05) is 0 Å². The van der Waals surface area contributed by atoms with Crippen LogP contribution >= 0.6 is 0 Å². The molecule has 3 aromatic rings. The van der Waals surface area contributed by atoms with Gasteiger partial charge in [-0.2, -0.15) is 0 Å². The first-order chi connectivity index (χ1) is 20.7. The second kappa shape index (κ2) is 16.0. The average Bonchev–Trinajstić information content (AvgIpc) is 2.99. The van der Waals surface area contributed by atoms with Gasteiger partial charge in [-0.25, -0.2) is 0 Å². The van der Waals surface area contributed by atoms with Crippen LogP contribution in [0.5, 0.6) is 0 Å². The Kier molecular flexibility index (Phi) is 13.1. The lowest BCUT2D eigenvalue weighted by Crippen LogP contribution is -2.40. The summed E-state index contributed by atoms with van der Waals surface area (Å²) in [6.45, 7) is 13.5. The van der Waals surface area contributed by atoms with Gasteiger partial charge in [0.15, 0.2) is 0 Å². The van der Waals surface area contributed by atoms with Crippen LogP contribution in [0.25, 0.3) is 0 Å². The lowest BCUT2D eigenvalue weighted by Gasteiger charge is -2.39. The van der Waals surface area contributed by atoms with Gasteiger partial charge in [0.1, 0.15) is 0 Å². The summed E-state index contributed by atoms with van der Waals surface area (Å²) in [5, 5.41) is 0. The van der Waals surface area contributed by atoms with E-state index in [0.29, 0.717) is 0 Å². The SMILES string of the molecule is CCCC(N)(CCC)c1ccccc1C(c1ccccc1C(N)(CCC)CCC)c1ccccc1C(N)(CCC)CCC. The fourth-order valence-electron chi connectivity index (χ4n) is 7.97. The van der Waals surface area contributed by atoms with Gasteiger partial charge in [0.05, 0.1) is 0 Å². The molecule has 0 aromatic heterocycles. The number of benzene rings is 3. The summed E-state index contributed by atoms with van der Waals surface area (Å²) in [7, 11) is 0.